The number of hydrogen-bond donors (Lipinski definition) is 0. The van der Waals surface area contributed by atoms with Gasteiger partial charge in [0, 0.05) is 70.0 Å². The zero-order chi connectivity index (χ0) is 21.3. The van der Waals surface area contributed by atoms with Crippen molar-refractivity contribution >= 4 is 17.2 Å². The Morgan fingerprint density at radius 1 is 1.13 bits per heavy atom. The van der Waals surface area contributed by atoms with Gasteiger partial charge in [0.2, 0.25) is 5.78 Å². The lowest BCUT2D eigenvalue weighted by molar-refractivity contribution is -0.384. The molecule has 30 heavy (non-hydrogen) atoms. The molecule has 3 aromatic rings. The smallest absolute Gasteiger partial charge is 0.293 e. The number of nitrogens with zero attached hydrogens (tertiary/aromatic N) is 6. The largest absolute Gasteiger partial charge is 0.366 e. The Morgan fingerprint density at radius 2 is 1.83 bits per heavy atom. The molecular weight excluding hydrogens is 384 g/mol. The average Bonchev–Trinajstić information content (AvgIpc) is 3.35. The van der Waals surface area contributed by atoms with Crippen LogP contribution < -0.4 is 4.90 Å². The first-order valence-corrected chi connectivity index (χ1v) is 9.95. The van der Waals surface area contributed by atoms with Gasteiger partial charge in [-0.25, -0.2) is 9.97 Å². The van der Waals surface area contributed by atoms with Crippen molar-refractivity contribution in [3.05, 3.63) is 70.3 Å². The van der Waals surface area contributed by atoms with E-state index in [0.717, 1.165) is 38.2 Å². The molecule has 1 fully saturated rings. The first kappa shape index (κ1) is 19.8. The molecule has 1 saturated heterocycles. The van der Waals surface area contributed by atoms with E-state index in [-0.39, 0.29) is 22.9 Å². The van der Waals surface area contributed by atoms with E-state index in [1.807, 2.05) is 28.9 Å². The van der Waals surface area contributed by atoms with Gasteiger partial charge in [0.25, 0.3) is 5.69 Å². The standard InChI is InChI=1S/C21H24N6O3/c1-24-11-7-22-19(24)13-15-5-9-26(10-6-15)17-4-3-16(14-18(17)27(29)30)20(28)21-23-8-12-25(21)2/h3-4,7-8,11-12,14-15H,5-6,9-10,13H2,1-2H3. The number of ketones is 1. The van der Waals surface area contributed by atoms with Crippen LogP contribution in [-0.4, -0.2) is 42.9 Å². The molecule has 0 amide bonds. The quantitative estimate of drug-likeness (QED) is 0.353. The summed E-state index contributed by atoms with van der Waals surface area (Å²) in [5, 5.41) is 11.7. The SMILES string of the molecule is Cn1ccnc1CC1CCN(c2ccc(C(=O)c3nccn3C)cc2[N+](=O)[O-])CC1. The number of aromatic nitrogens is 4. The molecule has 0 aliphatic carbocycles. The highest BCUT2D eigenvalue weighted by atomic mass is 16.6. The minimum Gasteiger partial charge on any atom is -0.366 e. The number of nitro groups is 1. The van der Waals surface area contributed by atoms with E-state index < -0.39 is 4.92 Å². The summed E-state index contributed by atoms with van der Waals surface area (Å²) in [6, 6.07) is 4.71. The molecule has 3 heterocycles. The zero-order valence-corrected chi connectivity index (χ0v) is 17.1. The third-order valence-corrected chi connectivity index (χ3v) is 5.81. The lowest BCUT2D eigenvalue weighted by atomic mass is 9.92. The van der Waals surface area contributed by atoms with Crippen LogP contribution in [0.15, 0.2) is 43.0 Å². The molecule has 9 nitrogen and oxygen atoms in total. The summed E-state index contributed by atoms with van der Waals surface area (Å²) < 4.78 is 3.64. The maximum absolute atomic E-state index is 12.7. The van der Waals surface area contributed by atoms with Gasteiger partial charge in [-0.1, -0.05) is 0 Å². The van der Waals surface area contributed by atoms with Crippen molar-refractivity contribution in [2.75, 3.05) is 18.0 Å². The van der Waals surface area contributed by atoms with Crippen LogP contribution in [0.5, 0.6) is 0 Å². The fourth-order valence-corrected chi connectivity index (χ4v) is 4.02. The Bertz CT molecular complexity index is 1080. The first-order chi connectivity index (χ1) is 14.4. The van der Waals surface area contributed by atoms with Gasteiger partial charge in [0.15, 0.2) is 5.82 Å². The van der Waals surface area contributed by atoms with Crippen LogP contribution in [0.4, 0.5) is 11.4 Å². The number of carbonyl (C=O) groups excluding carboxylic acids is 1. The normalized spacial score (nSPS) is 14.8. The van der Waals surface area contributed by atoms with Gasteiger partial charge in [0.05, 0.1) is 4.92 Å². The van der Waals surface area contributed by atoms with Crippen LogP contribution in [0, 0.1) is 16.0 Å². The molecule has 0 saturated carbocycles. The summed E-state index contributed by atoms with van der Waals surface area (Å²) in [7, 11) is 3.72. The molecule has 4 rings (SSSR count). The van der Waals surface area contributed by atoms with Crippen molar-refractivity contribution in [2.24, 2.45) is 20.0 Å². The Morgan fingerprint density at radius 3 is 2.43 bits per heavy atom. The number of carbonyl (C=O) groups is 1. The van der Waals surface area contributed by atoms with Crippen LogP contribution in [0.1, 0.15) is 34.8 Å². The molecule has 1 aliphatic rings. The maximum atomic E-state index is 12.7. The van der Waals surface area contributed by atoms with Crippen LogP contribution >= 0.6 is 0 Å². The molecule has 1 aliphatic heterocycles. The lowest BCUT2D eigenvalue weighted by Gasteiger charge is -2.33. The van der Waals surface area contributed by atoms with Gasteiger partial charge in [-0.05, 0) is 30.9 Å². The van der Waals surface area contributed by atoms with Crippen molar-refractivity contribution in [3.8, 4) is 0 Å². The highest BCUT2D eigenvalue weighted by Gasteiger charge is 2.27. The first-order valence-electron chi connectivity index (χ1n) is 9.95. The van der Waals surface area contributed by atoms with Crippen LogP contribution in [0.3, 0.4) is 0 Å². The number of aryl methyl sites for hydroxylation is 2. The number of rotatable bonds is 6. The van der Waals surface area contributed by atoms with Crippen molar-refractivity contribution in [1.29, 1.82) is 0 Å². The van der Waals surface area contributed by atoms with E-state index in [0.29, 0.717) is 11.6 Å². The van der Waals surface area contributed by atoms with E-state index >= 15 is 0 Å². The minimum absolute atomic E-state index is 0.0439. The van der Waals surface area contributed by atoms with Crippen molar-refractivity contribution < 1.29 is 9.72 Å². The molecule has 0 spiro atoms. The highest BCUT2D eigenvalue weighted by Crippen LogP contribution is 2.33. The average molecular weight is 408 g/mol. The van der Waals surface area contributed by atoms with E-state index in [2.05, 4.69) is 9.97 Å². The number of benzene rings is 1. The number of nitro benzene ring substituents is 1. The van der Waals surface area contributed by atoms with E-state index in [1.54, 1.807) is 29.9 Å². The number of hydrogen-bond acceptors (Lipinski definition) is 6. The Kier molecular flexibility index (Phi) is 5.35. The monoisotopic (exact) mass is 408 g/mol. The van der Waals surface area contributed by atoms with Crippen molar-refractivity contribution in [1.82, 2.24) is 19.1 Å². The maximum Gasteiger partial charge on any atom is 0.293 e. The van der Waals surface area contributed by atoms with Gasteiger partial charge in [-0.3, -0.25) is 14.9 Å². The van der Waals surface area contributed by atoms with Crippen LogP contribution in [0.2, 0.25) is 0 Å². The van der Waals surface area contributed by atoms with Crippen molar-refractivity contribution in [2.45, 2.75) is 19.3 Å². The topological polar surface area (TPSA) is 99.1 Å². The predicted octanol–water partition coefficient (Wildman–Crippen LogP) is 2.75. The van der Waals surface area contributed by atoms with E-state index in [9.17, 15) is 14.9 Å². The lowest BCUT2D eigenvalue weighted by Crippen LogP contribution is -2.35. The molecule has 1 aromatic carbocycles. The molecular formula is C21H24N6O3. The summed E-state index contributed by atoms with van der Waals surface area (Å²) in [5.41, 5.74) is 0.786. The highest BCUT2D eigenvalue weighted by molar-refractivity contribution is 6.07. The third-order valence-electron chi connectivity index (χ3n) is 5.81. The third kappa shape index (κ3) is 3.83. The van der Waals surface area contributed by atoms with Crippen LogP contribution in [-0.2, 0) is 20.5 Å². The Hall–Kier alpha value is -3.49. The zero-order valence-electron chi connectivity index (χ0n) is 17.1. The predicted molar refractivity (Wildman–Crippen MR) is 112 cm³/mol. The minimum atomic E-state index is -0.412. The van der Waals surface area contributed by atoms with Gasteiger partial charge < -0.3 is 14.0 Å². The number of anilines is 1. The summed E-state index contributed by atoms with van der Waals surface area (Å²) in [6.07, 6.45) is 9.76. The molecule has 9 heteroatoms. The second-order valence-corrected chi connectivity index (χ2v) is 7.74. The number of piperidine rings is 1. The van der Waals surface area contributed by atoms with Crippen LogP contribution in [0.25, 0.3) is 0 Å². The van der Waals surface area contributed by atoms with Gasteiger partial charge in [-0.2, -0.15) is 0 Å². The second-order valence-electron chi connectivity index (χ2n) is 7.74. The number of imidazole rings is 2. The van der Waals surface area contributed by atoms with E-state index in [4.69, 9.17) is 0 Å². The summed E-state index contributed by atoms with van der Waals surface area (Å²) in [6.45, 7) is 1.48. The Balaban J connectivity index is 1.50. The second kappa shape index (κ2) is 8.10. The molecule has 0 N–H and O–H groups in total. The molecule has 0 radical (unpaired) electrons. The Labute approximate surface area is 174 Å². The van der Waals surface area contributed by atoms with Gasteiger partial charge in [-0.15, -0.1) is 0 Å². The summed E-state index contributed by atoms with van der Waals surface area (Å²) in [4.78, 5) is 34.5. The molecule has 0 bridgehead atoms. The molecule has 0 unspecified atom stereocenters. The molecule has 0 atom stereocenters. The van der Waals surface area contributed by atoms with E-state index in [1.165, 1.54) is 12.3 Å². The molecule has 156 valence electrons. The fourth-order valence-electron chi connectivity index (χ4n) is 4.02. The fraction of sp³-hybridized carbons (Fsp3) is 0.381. The molecule has 2 aromatic heterocycles. The summed E-state index contributed by atoms with van der Waals surface area (Å²) >= 11 is 0. The van der Waals surface area contributed by atoms with Crippen molar-refractivity contribution in [3.63, 3.8) is 0 Å². The van der Waals surface area contributed by atoms with Gasteiger partial charge >= 0.3 is 0 Å². The van der Waals surface area contributed by atoms with Gasteiger partial charge in [0.1, 0.15) is 11.5 Å². The summed E-state index contributed by atoms with van der Waals surface area (Å²) in [5.74, 6) is 1.50.